The number of nitrogens with zero attached hydrogens (tertiary/aromatic N) is 1. The van der Waals surface area contributed by atoms with E-state index in [0.717, 1.165) is 11.3 Å². The van der Waals surface area contributed by atoms with Gasteiger partial charge in [-0.3, -0.25) is 4.79 Å². The number of nitrogens with two attached hydrogens (primary N) is 1. The molecule has 0 saturated heterocycles. The maximum absolute atomic E-state index is 12.9. The number of fused-ring (bicyclic) bond motifs is 1. The van der Waals surface area contributed by atoms with Crippen LogP contribution in [0.15, 0.2) is 48.5 Å². The maximum Gasteiger partial charge on any atom is 0.268 e. The molecule has 2 aromatic rings. The number of benzene rings is 2. The van der Waals surface area contributed by atoms with Gasteiger partial charge < -0.3 is 15.7 Å². The van der Waals surface area contributed by atoms with Crippen LogP contribution in [0.5, 0.6) is 0 Å². The van der Waals surface area contributed by atoms with Gasteiger partial charge in [-0.15, -0.1) is 0 Å². The average Bonchev–Trinajstić information content (AvgIpc) is 2.75. The van der Waals surface area contributed by atoms with Gasteiger partial charge in [-0.2, -0.15) is 0 Å². The number of aryl methyl sites for hydroxylation is 1. The lowest BCUT2D eigenvalue weighted by atomic mass is 9.87. The Balaban J connectivity index is 2.14. The summed E-state index contributed by atoms with van der Waals surface area (Å²) in [5, 5.41) is 11.3. The monoisotopic (exact) mass is 296 g/mol. The normalized spacial score (nSPS) is 20.3. The quantitative estimate of drug-likeness (QED) is 0.906. The summed E-state index contributed by atoms with van der Waals surface area (Å²) in [7, 11) is 0. The van der Waals surface area contributed by atoms with Crippen molar-refractivity contribution in [2.24, 2.45) is 5.73 Å². The topological polar surface area (TPSA) is 66.6 Å². The highest BCUT2D eigenvalue weighted by atomic mass is 16.3. The van der Waals surface area contributed by atoms with E-state index in [9.17, 15) is 9.90 Å². The van der Waals surface area contributed by atoms with Crippen molar-refractivity contribution in [2.45, 2.75) is 18.9 Å². The molecule has 1 atom stereocenters. The molecule has 0 bridgehead atoms. The van der Waals surface area contributed by atoms with E-state index in [1.165, 1.54) is 0 Å². The van der Waals surface area contributed by atoms with Crippen molar-refractivity contribution in [1.29, 1.82) is 0 Å². The molecule has 22 heavy (non-hydrogen) atoms. The third-order valence-electron chi connectivity index (χ3n) is 4.16. The standard InChI is InChI=1S/C18H20N2O2/c1-13-6-4-7-14(12-13)18(22)15-8-2-3-9-16(15)20(17(18)21)11-5-10-19/h2-4,6-9,12,22H,5,10-11,19H2,1H3. The minimum atomic E-state index is -1.61. The molecule has 1 amide bonds. The molecule has 1 aliphatic rings. The van der Waals surface area contributed by atoms with E-state index < -0.39 is 5.60 Å². The van der Waals surface area contributed by atoms with E-state index in [-0.39, 0.29) is 5.91 Å². The molecule has 3 rings (SSSR count). The van der Waals surface area contributed by atoms with Gasteiger partial charge >= 0.3 is 0 Å². The molecule has 1 heterocycles. The Bertz CT molecular complexity index is 714. The summed E-state index contributed by atoms with van der Waals surface area (Å²) in [6, 6.07) is 14.9. The van der Waals surface area contributed by atoms with E-state index >= 15 is 0 Å². The van der Waals surface area contributed by atoms with Gasteiger partial charge in [0.25, 0.3) is 5.91 Å². The second kappa shape index (κ2) is 5.55. The first kappa shape index (κ1) is 14.8. The summed E-state index contributed by atoms with van der Waals surface area (Å²) in [5.41, 5.74) is 6.99. The van der Waals surface area contributed by atoms with Crippen molar-refractivity contribution in [3.05, 3.63) is 65.2 Å². The summed E-state index contributed by atoms with van der Waals surface area (Å²) in [6.07, 6.45) is 0.698. The van der Waals surface area contributed by atoms with Crippen LogP contribution >= 0.6 is 0 Å². The first-order valence-electron chi connectivity index (χ1n) is 7.50. The summed E-state index contributed by atoms with van der Waals surface area (Å²) in [6.45, 7) is 2.97. The van der Waals surface area contributed by atoms with Gasteiger partial charge in [0.2, 0.25) is 0 Å². The summed E-state index contributed by atoms with van der Waals surface area (Å²) in [5.74, 6) is -0.298. The number of hydrogen-bond donors (Lipinski definition) is 2. The van der Waals surface area contributed by atoms with Gasteiger partial charge in [0, 0.05) is 12.1 Å². The Kier molecular flexibility index (Phi) is 3.72. The second-order valence-corrected chi connectivity index (χ2v) is 5.70. The molecule has 4 nitrogen and oxygen atoms in total. The van der Waals surface area contributed by atoms with Crippen LogP contribution in [0.3, 0.4) is 0 Å². The molecule has 0 fully saturated rings. The highest BCUT2D eigenvalue weighted by Gasteiger charge is 2.50. The number of anilines is 1. The molecule has 1 unspecified atom stereocenters. The highest BCUT2D eigenvalue weighted by molar-refractivity contribution is 6.09. The molecule has 1 aliphatic heterocycles. The fourth-order valence-corrected chi connectivity index (χ4v) is 3.06. The summed E-state index contributed by atoms with van der Waals surface area (Å²) >= 11 is 0. The van der Waals surface area contributed by atoms with Crippen molar-refractivity contribution >= 4 is 11.6 Å². The SMILES string of the molecule is Cc1cccc(C2(O)C(=O)N(CCCN)c3ccccc32)c1. The lowest BCUT2D eigenvalue weighted by Gasteiger charge is -2.24. The van der Waals surface area contributed by atoms with Crippen molar-refractivity contribution in [1.82, 2.24) is 0 Å². The Morgan fingerprint density at radius 2 is 1.95 bits per heavy atom. The lowest BCUT2D eigenvalue weighted by Crippen LogP contribution is -2.41. The Hall–Kier alpha value is -2.17. The van der Waals surface area contributed by atoms with E-state index in [2.05, 4.69) is 0 Å². The first-order valence-corrected chi connectivity index (χ1v) is 7.50. The molecule has 2 aromatic carbocycles. The predicted molar refractivity (Wildman–Crippen MR) is 86.6 cm³/mol. The molecular weight excluding hydrogens is 276 g/mol. The molecule has 0 radical (unpaired) electrons. The zero-order valence-corrected chi connectivity index (χ0v) is 12.6. The lowest BCUT2D eigenvalue weighted by molar-refractivity contribution is -0.132. The van der Waals surface area contributed by atoms with Crippen molar-refractivity contribution in [3.8, 4) is 0 Å². The Labute approximate surface area is 130 Å². The van der Waals surface area contributed by atoms with E-state index in [4.69, 9.17) is 5.73 Å². The number of amides is 1. The van der Waals surface area contributed by atoms with Gasteiger partial charge in [0.15, 0.2) is 5.60 Å². The van der Waals surface area contributed by atoms with Crippen LogP contribution in [0.25, 0.3) is 0 Å². The van der Waals surface area contributed by atoms with E-state index in [0.29, 0.717) is 30.6 Å². The largest absolute Gasteiger partial charge is 0.372 e. The number of rotatable bonds is 4. The number of para-hydroxylation sites is 1. The number of carbonyl (C=O) groups excluding carboxylic acids is 1. The zero-order chi connectivity index (χ0) is 15.7. The van der Waals surface area contributed by atoms with Crippen LogP contribution in [-0.2, 0) is 10.4 Å². The number of carbonyl (C=O) groups is 1. The Morgan fingerprint density at radius 3 is 2.68 bits per heavy atom. The summed E-state index contributed by atoms with van der Waals surface area (Å²) < 4.78 is 0. The van der Waals surface area contributed by atoms with Crippen LogP contribution < -0.4 is 10.6 Å². The number of aliphatic hydroxyl groups is 1. The third kappa shape index (κ3) is 2.12. The van der Waals surface area contributed by atoms with Gasteiger partial charge in [-0.25, -0.2) is 0 Å². The predicted octanol–water partition coefficient (Wildman–Crippen LogP) is 1.93. The Morgan fingerprint density at radius 1 is 1.18 bits per heavy atom. The van der Waals surface area contributed by atoms with Crippen LogP contribution in [0.1, 0.15) is 23.1 Å². The van der Waals surface area contributed by atoms with Crippen LogP contribution in [0, 0.1) is 6.92 Å². The first-order chi connectivity index (χ1) is 10.6. The smallest absolute Gasteiger partial charge is 0.268 e. The fourth-order valence-electron chi connectivity index (χ4n) is 3.06. The molecule has 4 heteroatoms. The van der Waals surface area contributed by atoms with Crippen LogP contribution in [0.4, 0.5) is 5.69 Å². The van der Waals surface area contributed by atoms with E-state index in [1.807, 2.05) is 49.4 Å². The van der Waals surface area contributed by atoms with E-state index in [1.54, 1.807) is 11.0 Å². The van der Waals surface area contributed by atoms with Gasteiger partial charge in [0.05, 0.1) is 5.69 Å². The van der Waals surface area contributed by atoms with Crippen molar-refractivity contribution < 1.29 is 9.90 Å². The molecule has 114 valence electrons. The van der Waals surface area contributed by atoms with Crippen LogP contribution in [-0.4, -0.2) is 24.1 Å². The highest BCUT2D eigenvalue weighted by Crippen LogP contribution is 2.44. The molecule has 0 spiro atoms. The fraction of sp³-hybridized carbons (Fsp3) is 0.278. The molecule has 3 N–H and O–H groups in total. The average molecular weight is 296 g/mol. The molecular formula is C18H20N2O2. The minimum absolute atomic E-state index is 0.298. The number of hydrogen-bond acceptors (Lipinski definition) is 3. The summed E-state index contributed by atoms with van der Waals surface area (Å²) in [4.78, 5) is 14.6. The molecule has 0 saturated carbocycles. The van der Waals surface area contributed by atoms with Crippen molar-refractivity contribution in [3.63, 3.8) is 0 Å². The molecule has 0 aromatic heterocycles. The maximum atomic E-state index is 12.9. The second-order valence-electron chi connectivity index (χ2n) is 5.70. The van der Waals surface area contributed by atoms with Crippen molar-refractivity contribution in [2.75, 3.05) is 18.0 Å². The van der Waals surface area contributed by atoms with Gasteiger partial charge in [-0.1, -0.05) is 48.0 Å². The van der Waals surface area contributed by atoms with Crippen LogP contribution in [0.2, 0.25) is 0 Å². The van der Waals surface area contributed by atoms with Gasteiger partial charge in [-0.05, 0) is 31.5 Å². The zero-order valence-electron chi connectivity index (χ0n) is 12.6. The minimum Gasteiger partial charge on any atom is -0.372 e. The van der Waals surface area contributed by atoms with Gasteiger partial charge in [0.1, 0.15) is 0 Å². The third-order valence-corrected chi connectivity index (χ3v) is 4.16. The molecule has 0 aliphatic carbocycles.